The maximum absolute atomic E-state index is 4.77. The van der Waals surface area contributed by atoms with Gasteiger partial charge in [0.1, 0.15) is 5.82 Å². The number of hydrogen-bond donors (Lipinski definition) is 1. The van der Waals surface area contributed by atoms with Crippen molar-refractivity contribution >= 4 is 0 Å². The van der Waals surface area contributed by atoms with Crippen LogP contribution in [-0.4, -0.2) is 41.0 Å². The summed E-state index contributed by atoms with van der Waals surface area (Å²) in [6, 6.07) is 2.14. The Morgan fingerprint density at radius 2 is 1.63 bits per heavy atom. The minimum absolute atomic E-state index is 0.0861. The van der Waals surface area contributed by atoms with Crippen LogP contribution in [0.15, 0.2) is 6.07 Å². The molecule has 1 aliphatic rings. The lowest BCUT2D eigenvalue weighted by Crippen LogP contribution is -2.52. The molecule has 106 valence electrons. The van der Waals surface area contributed by atoms with Crippen molar-refractivity contribution < 1.29 is 0 Å². The van der Waals surface area contributed by atoms with Gasteiger partial charge in [-0.1, -0.05) is 13.8 Å². The number of aryl methyl sites for hydroxylation is 2. The maximum atomic E-state index is 4.77. The molecule has 0 radical (unpaired) electrons. The third-order valence-corrected chi connectivity index (χ3v) is 4.01. The van der Waals surface area contributed by atoms with Gasteiger partial charge in [0.05, 0.1) is 5.54 Å². The average Bonchev–Trinajstić information content (AvgIpc) is 2.47. The Bertz CT molecular complexity index is 400. The topological polar surface area (TPSA) is 41.1 Å². The van der Waals surface area contributed by atoms with E-state index in [4.69, 9.17) is 9.97 Å². The Morgan fingerprint density at radius 3 is 2.11 bits per heavy atom. The number of nitrogens with zero attached hydrogens (tertiary/aromatic N) is 3. The van der Waals surface area contributed by atoms with Crippen LogP contribution in [0.3, 0.4) is 0 Å². The summed E-state index contributed by atoms with van der Waals surface area (Å²) in [5.41, 5.74) is 2.23. The molecule has 0 atom stereocenters. The third-order valence-electron chi connectivity index (χ3n) is 4.01. The van der Waals surface area contributed by atoms with Crippen LogP contribution in [0.5, 0.6) is 0 Å². The number of rotatable bonds is 4. The van der Waals surface area contributed by atoms with E-state index in [-0.39, 0.29) is 5.54 Å². The molecule has 1 aromatic heterocycles. The summed E-state index contributed by atoms with van der Waals surface area (Å²) in [4.78, 5) is 12.0. The van der Waals surface area contributed by atoms with E-state index in [1.807, 2.05) is 0 Å². The second-order valence-electron chi connectivity index (χ2n) is 5.68. The van der Waals surface area contributed by atoms with Crippen LogP contribution in [0.25, 0.3) is 0 Å². The lowest BCUT2D eigenvalue weighted by Gasteiger charge is -2.40. The first-order chi connectivity index (χ1) is 9.07. The van der Waals surface area contributed by atoms with E-state index in [2.05, 4.69) is 44.0 Å². The van der Waals surface area contributed by atoms with E-state index in [0.29, 0.717) is 0 Å². The molecule has 1 saturated heterocycles. The number of aromatic nitrogens is 2. The van der Waals surface area contributed by atoms with E-state index in [1.165, 1.54) is 0 Å². The Balaban J connectivity index is 2.32. The molecular formula is C15H26N4. The summed E-state index contributed by atoms with van der Waals surface area (Å²) in [6.07, 6.45) is 1.94. The zero-order valence-corrected chi connectivity index (χ0v) is 12.7. The highest BCUT2D eigenvalue weighted by atomic mass is 15.3. The minimum Gasteiger partial charge on any atom is -0.314 e. The van der Waals surface area contributed by atoms with Gasteiger partial charge in [0.15, 0.2) is 0 Å². The molecule has 2 heterocycles. The highest BCUT2D eigenvalue weighted by Crippen LogP contribution is 2.25. The summed E-state index contributed by atoms with van der Waals surface area (Å²) >= 11 is 0. The molecule has 0 aliphatic carbocycles. The van der Waals surface area contributed by atoms with Gasteiger partial charge < -0.3 is 5.32 Å². The van der Waals surface area contributed by atoms with E-state index in [1.54, 1.807) is 0 Å². The van der Waals surface area contributed by atoms with E-state index in [0.717, 1.165) is 56.2 Å². The molecular weight excluding hydrogens is 236 g/mol. The number of hydrogen-bond acceptors (Lipinski definition) is 4. The highest BCUT2D eigenvalue weighted by Gasteiger charge is 2.32. The maximum Gasteiger partial charge on any atom is 0.148 e. The van der Waals surface area contributed by atoms with Crippen molar-refractivity contribution in [1.29, 1.82) is 0 Å². The molecule has 0 amide bonds. The van der Waals surface area contributed by atoms with Gasteiger partial charge in [0.25, 0.3) is 0 Å². The van der Waals surface area contributed by atoms with Crippen molar-refractivity contribution in [3.63, 3.8) is 0 Å². The first-order valence-electron chi connectivity index (χ1n) is 7.41. The molecule has 1 fully saturated rings. The molecule has 0 saturated carbocycles. The smallest absolute Gasteiger partial charge is 0.148 e. The van der Waals surface area contributed by atoms with Crippen LogP contribution in [0.2, 0.25) is 0 Å². The molecule has 0 bridgehead atoms. The predicted molar refractivity (Wildman–Crippen MR) is 78.3 cm³/mol. The van der Waals surface area contributed by atoms with Gasteiger partial charge in [0, 0.05) is 37.6 Å². The second-order valence-corrected chi connectivity index (χ2v) is 5.68. The normalized spacial score (nSPS) is 17.7. The van der Waals surface area contributed by atoms with Crippen LogP contribution in [-0.2, 0) is 18.4 Å². The van der Waals surface area contributed by atoms with Crippen LogP contribution in [0, 0.1) is 0 Å². The van der Waals surface area contributed by atoms with Crippen molar-refractivity contribution in [2.75, 3.05) is 26.2 Å². The van der Waals surface area contributed by atoms with Crippen molar-refractivity contribution in [3.05, 3.63) is 23.3 Å². The van der Waals surface area contributed by atoms with Crippen LogP contribution < -0.4 is 5.32 Å². The fourth-order valence-corrected chi connectivity index (χ4v) is 2.56. The SMILES string of the molecule is CCc1cc(CC)nc(C(C)(C)N2CCNCC2)n1. The zero-order chi connectivity index (χ0) is 13.9. The van der Waals surface area contributed by atoms with Gasteiger partial charge in [0.2, 0.25) is 0 Å². The summed E-state index contributed by atoms with van der Waals surface area (Å²) in [5, 5.41) is 3.40. The van der Waals surface area contributed by atoms with Gasteiger partial charge in [-0.3, -0.25) is 4.90 Å². The first-order valence-corrected chi connectivity index (χ1v) is 7.41. The largest absolute Gasteiger partial charge is 0.314 e. The molecule has 1 aliphatic heterocycles. The predicted octanol–water partition coefficient (Wildman–Crippen LogP) is 1.74. The Hall–Kier alpha value is -1.00. The van der Waals surface area contributed by atoms with Gasteiger partial charge in [-0.15, -0.1) is 0 Å². The molecule has 2 rings (SSSR count). The number of nitrogens with one attached hydrogen (secondary N) is 1. The Labute approximate surface area is 116 Å². The second kappa shape index (κ2) is 5.97. The Morgan fingerprint density at radius 1 is 1.11 bits per heavy atom. The van der Waals surface area contributed by atoms with E-state index < -0.39 is 0 Å². The summed E-state index contributed by atoms with van der Waals surface area (Å²) in [7, 11) is 0. The summed E-state index contributed by atoms with van der Waals surface area (Å²) in [5.74, 6) is 0.977. The van der Waals surface area contributed by atoms with Crippen molar-refractivity contribution in [3.8, 4) is 0 Å². The quantitative estimate of drug-likeness (QED) is 0.897. The van der Waals surface area contributed by atoms with E-state index >= 15 is 0 Å². The van der Waals surface area contributed by atoms with Crippen molar-refractivity contribution in [1.82, 2.24) is 20.2 Å². The number of piperazine rings is 1. The van der Waals surface area contributed by atoms with Gasteiger partial charge >= 0.3 is 0 Å². The van der Waals surface area contributed by atoms with Crippen LogP contribution in [0.4, 0.5) is 0 Å². The molecule has 4 heteroatoms. The molecule has 19 heavy (non-hydrogen) atoms. The van der Waals surface area contributed by atoms with E-state index in [9.17, 15) is 0 Å². The first kappa shape index (κ1) is 14.4. The van der Waals surface area contributed by atoms with Gasteiger partial charge in [-0.05, 0) is 32.8 Å². The standard InChI is InChI=1S/C15H26N4/c1-5-12-11-13(6-2)18-14(17-12)15(3,4)19-9-7-16-8-10-19/h11,16H,5-10H2,1-4H3. The average molecular weight is 262 g/mol. The fraction of sp³-hybridized carbons (Fsp3) is 0.733. The van der Waals surface area contributed by atoms with Crippen molar-refractivity contribution in [2.24, 2.45) is 0 Å². The summed E-state index contributed by atoms with van der Waals surface area (Å²) < 4.78 is 0. The fourth-order valence-electron chi connectivity index (χ4n) is 2.56. The molecule has 1 N–H and O–H groups in total. The third kappa shape index (κ3) is 3.12. The lowest BCUT2D eigenvalue weighted by molar-refractivity contribution is 0.0944. The monoisotopic (exact) mass is 262 g/mol. The molecule has 0 unspecified atom stereocenters. The molecule has 1 aromatic rings. The summed E-state index contributed by atoms with van der Waals surface area (Å²) in [6.45, 7) is 13.0. The molecule has 0 aromatic carbocycles. The van der Waals surface area contributed by atoms with Crippen molar-refractivity contribution in [2.45, 2.75) is 46.1 Å². The molecule has 4 nitrogen and oxygen atoms in total. The minimum atomic E-state index is -0.0861. The van der Waals surface area contributed by atoms with Crippen LogP contribution >= 0.6 is 0 Å². The van der Waals surface area contributed by atoms with Gasteiger partial charge in [-0.2, -0.15) is 0 Å². The highest BCUT2D eigenvalue weighted by molar-refractivity contribution is 5.16. The molecule has 0 spiro atoms. The van der Waals surface area contributed by atoms with Crippen LogP contribution in [0.1, 0.15) is 44.9 Å². The lowest BCUT2D eigenvalue weighted by atomic mass is 10.00. The Kier molecular flexibility index (Phi) is 4.53. The van der Waals surface area contributed by atoms with Gasteiger partial charge in [-0.25, -0.2) is 9.97 Å². The zero-order valence-electron chi connectivity index (χ0n) is 12.7.